The van der Waals surface area contributed by atoms with Crippen LogP contribution in [-0.2, 0) is 14.3 Å². The Hall–Kier alpha value is -2.50. The van der Waals surface area contributed by atoms with Crippen molar-refractivity contribution in [2.75, 3.05) is 12.4 Å². The van der Waals surface area contributed by atoms with Gasteiger partial charge < -0.3 is 14.8 Å². The molecule has 2 rings (SSSR count). The number of anilines is 1. The molecule has 0 aliphatic carbocycles. The molecule has 136 valence electrons. The van der Waals surface area contributed by atoms with E-state index in [2.05, 4.69) is 5.32 Å². The van der Waals surface area contributed by atoms with Crippen molar-refractivity contribution in [1.82, 2.24) is 0 Å². The third kappa shape index (κ3) is 5.79. The van der Waals surface area contributed by atoms with E-state index in [1.54, 1.807) is 42.5 Å². The quantitative estimate of drug-likeness (QED) is 0.575. The number of hydrogen-bond acceptors (Lipinski definition) is 4. The fourth-order valence-corrected chi connectivity index (χ4v) is 2.30. The van der Waals surface area contributed by atoms with Crippen molar-refractivity contribution in [1.29, 1.82) is 0 Å². The zero-order valence-corrected chi connectivity index (χ0v) is 15.7. The number of halogens is 2. The molecule has 26 heavy (non-hydrogen) atoms. The van der Waals surface area contributed by atoms with Crippen molar-refractivity contribution < 1.29 is 19.1 Å². The van der Waals surface area contributed by atoms with Gasteiger partial charge in [-0.2, -0.15) is 0 Å². The fourth-order valence-electron chi connectivity index (χ4n) is 1.99. The van der Waals surface area contributed by atoms with E-state index in [0.29, 0.717) is 27.0 Å². The smallest absolute Gasteiger partial charge is 0.331 e. The molecule has 0 aliphatic rings. The molecule has 2 aromatic rings. The molecule has 0 saturated heterocycles. The van der Waals surface area contributed by atoms with Crippen molar-refractivity contribution in [3.63, 3.8) is 0 Å². The van der Waals surface area contributed by atoms with Gasteiger partial charge in [-0.25, -0.2) is 4.79 Å². The van der Waals surface area contributed by atoms with Crippen molar-refractivity contribution >= 4 is 46.8 Å². The van der Waals surface area contributed by atoms with Crippen LogP contribution in [0.3, 0.4) is 0 Å². The predicted octanol–water partition coefficient (Wildman–Crippen LogP) is 4.59. The summed E-state index contributed by atoms with van der Waals surface area (Å²) in [4.78, 5) is 24.0. The van der Waals surface area contributed by atoms with Crippen LogP contribution in [0.2, 0.25) is 10.0 Å². The molecule has 1 N–H and O–H groups in total. The van der Waals surface area contributed by atoms with Gasteiger partial charge in [-0.15, -0.1) is 0 Å². The number of amides is 1. The molecule has 5 nitrogen and oxygen atoms in total. The third-order valence-electron chi connectivity index (χ3n) is 3.35. The van der Waals surface area contributed by atoms with Gasteiger partial charge in [0.15, 0.2) is 6.10 Å². The van der Waals surface area contributed by atoms with E-state index in [-0.39, 0.29) is 0 Å². The second kappa shape index (κ2) is 9.27. The second-order valence-corrected chi connectivity index (χ2v) is 6.12. The molecule has 0 radical (unpaired) electrons. The zero-order chi connectivity index (χ0) is 19.1. The average molecular weight is 394 g/mol. The van der Waals surface area contributed by atoms with E-state index in [9.17, 15) is 9.59 Å². The minimum absolute atomic E-state index is 0.383. The number of carbonyl (C=O) groups excluding carboxylic acids is 2. The topological polar surface area (TPSA) is 64.6 Å². The van der Waals surface area contributed by atoms with Gasteiger partial charge >= 0.3 is 5.97 Å². The summed E-state index contributed by atoms with van der Waals surface area (Å²) in [7, 11) is 1.53. The molecule has 1 atom stereocenters. The normalized spacial score (nSPS) is 11.8. The number of methoxy groups -OCH3 is 1. The second-order valence-electron chi connectivity index (χ2n) is 5.31. The summed E-state index contributed by atoms with van der Waals surface area (Å²) in [6, 6.07) is 11.8. The standard InChI is InChI=1S/C19H17Cl2NO4/c1-12(19(24)22-14-4-3-5-15(11-14)25-2)26-18(23)9-7-13-6-8-16(20)17(21)10-13/h3-12H,1-2H3,(H,22,24)/b9-7+/t12-/m0/s1. The van der Waals surface area contributed by atoms with E-state index >= 15 is 0 Å². The summed E-state index contributed by atoms with van der Waals surface area (Å²) in [5.41, 5.74) is 1.23. The third-order valence-corrected chi connectivity index (χ3v) is 4.09. The summed E-state index contributed by atoms with van der Waals surface area (Å²) in [6.45, 7) is 1.49. The SMILES string of the molecule is COc1cccc(NC(=O)[C@H](C)OC(=O)/C=C/c2ccc(Cl)c(Cl)c2)c1. The molecule has 0 saturated carbocycles. The minimum atomic E-state index is -0.966. The molecular formula is C19H17Cl2NO4. The van der Waals surface area contributed by atoms with Crippen molar-refractivity contribution in [3.05, 3.63) is 64.1 Å². The molecule has 7 heteroatoms. The highest BCUT2D eigenvalue weighted by Gasteiger charge is 2.16. The first-order chi connectivity index (χ1) is 12.4. The molecule has 0 heterocycles. The molecule has 1 amide bonds. The number of nitrogens with one attached hydrogen (secondary N) is 1. The van der Waals surface area contributed by atoms with E-state index in [1.165, 1.54) is 26.2 Å². The Morgan fingerprint density at radius 3 is 2.58 bits per heavy atom. The Balaban J connectivity index is 1.91. The molecular weight excluding hydrogens is 377 g/mol. The van der Waals surface area contributed by atoms with Crippen LogP contribution in [-0.4, -0.2) is 25.1 Å². The maximum atomic E-state index is 12.1. The number of rotatable bonds is 6. The molecule has 0 fully saturated rings. The fraction of sp³-hybridized carbons (Fsp3) is 0.158. The van der Waals surface area contributed by atoms with Crippen LogP contribution < -0.4 is 10.1 Å². The molecule has 0 aromatic heterocycles. The van der Waals surface area contributed by atoms with Gasteiger partial charge in [0.05, 0.1) is 17.2 Å². The number of ether oxygens (including phenoxy) is 2. The largest absolute Gasteiger partial charge is 0.497 e. The first-order valence-corrected chi connectivity index (χ1v) is 8.43. The molecule has 0 spiro atoms. The number of esters is 1. The van der Waals surface area contributed by atoms with Crippen molar-refractivity contribution in [3.8, 4) is 5.75 Å². The Kier molecular flexibility index (Phi) is 7.06. The predicted molar refractivity (Wildman–Crippen MR) is 103 cm³/mol. The maximum absolute atomic E-state index is 12.1. The van der Waals surface area contributed by atoms with Crippen LogP contribution in [0.1, 0.15) is 12.5 Å². The monoisotopic (exact) mass is 393 g/mol. The van der Waals surface area contributed by atoms with E-state index in [1.807, 2.05) is 0 Å². The summed E-state index contributed by atoms with van der Waals surface area (Å²) >= 11 is 11.7. The lowest BCUT2D eigenvalue weighted by molar-refractivity contribution is -0.148. The number of hydrogen-bond donors (Lipinski definition) is 1. The van der Waals surface area contributed by atoms with Gasteiger partial charge in [0.25, 0.3) is 5.91 Å². The number of benzene rings is 2. The maximum Gasteiger partial charge on any atom is 0.331 e. The van der Waals surface area contributed by atoms with Gasteiger partial charge in [0.1, 0.15) is 5.75 Å². The highest BCUT2D eigenvalue weighted by atomic mass is 35.5. The van der Waals surface area contributed by atoms with Gasteiger partial charge in [0.2, 0.25) is 0 Å². The highest BCUT2D eigenvalue weighted by molar-refractivity contribution is 6.42. The lowest BCUT2D eigenvalue weighted by atomic mass is 10.2. The van der Waals surface area contributed by atoms with Crippen LogP contribution in [0.15, 0.2) is 48.5 Å². The van der Waals surface area contributed by atoms with Gasteiger partial charge in [-0.1, -0.05) is 35.3 Å². The zero-order valence-electron chi connectivity index (χ0n) is 14.2. The molecule has 0 unspecified atom stereocenters. The molecule has 0 bridgehead atoms. The molecule has 2 aromatic carbocycles. The van der Waals surface area contributed by atoms with Crippen LogP contribution in [0.4, 0.5) is 5.69 Å². The van der Waals surface area contributed by atoms with Crippen LogP contribution in [0, 0.1) is 0 Å². The lowest BCUT2D eigenvalue weighted by Gasteiger charge is -2.13. The van der Waals surface area contributed by atoms with Crippen LogP contribution in [0.25, 0.3) is 6.08 Å². The van der Waals surface area contributed by atoms with Crippen LogP contribution >= 0.6 is 23.2 Å². The Morgan fingerprint density at radius 2 is 1.88 bits per heavy atom. The van der Waals surface area contributed by atoms with Gasteiger partial charge in [-0.05, 0) is 42.8 Å². The first-order valence-electron chi connectivity index (χ1n) is 7.67. The van der Waals surface area contributed by atoms with Crippen molar-refractivity contribution in [2.24, 2.45) is 0 Å². The van der Waals surface area contributed by atoms with Crippen LogP contribution in [0.5, 0.6) is 5.75 Å². The molecule has 0 aliphatic heterocycles. The first kappa shape index (κ1) is 19.8. The average Bonchev–Trinajstić information content (AvgIpc) is 2.62. The Morgan fingerprint density at radius 1 is 1.12 bits per heavy atom. The highest BCUT2D eigenvalue weighted by Crippen LogP contribution is 2.23. The Labute approximate surface area is 161 Å². The van der Waals surface area contributed by atoms with Gasteiger partial charge in [-0.3, -0.25) is 4.79 Å². The van der Waals surface area contributed by atoms with Crippen molar-refractivity contribution in [2.45, 2.75) is 13.0 Å². The summed E-state index contributed by atoms with van der Waals surface area (Å²) in [5, 5.41) is 3.46. The summed E-state index contributed by atoms with van der Waals surface area (Å²) in [5.74, 6) is -0.490. The number of carbonyl (C=O) groups is 2. The summed E-state index contributed by atoms with van der Waals surface area (Å²) < 4.78 is 10.2. The van der Waals surface area contributed by atoms with E-state index < -0.39 is 18.0 Å². The van der Waals surface area contributed by atoms with E-state index in [4.69, 9.17) is 32.7 Å². The Bertz CT molecular complexity index is 836. The minimum Gasteiger partial charge on any atom is -0.497 e. The summed E-state index contributed by atoms with van der Waals surface area (Å²) in [6.07, 6.45) is 1.78. The van der Waals surface area contributed by atoms with Gasteiger partial charge in [0, 0.05) is 17.8 Å². The lowest BCUT2D eigenvalue weighted by Crippen LogP contribution is -2.29. The van der Waals surface area contributed by atoms with E-state index in [0.717, 1.165) is 0 Å².